The second-order valence-electron chi connectivity index (χ2n) is 6.47. The summed E-state index contributed by atoms with van der Waals surface area (Å²) in [5.74, 6) is -0.00943. The minimum absolute atomic E-state index is 0.00943. The molecule has 2 heterocycles. The second-order valence-corrected chi connectivity index (χ2v) is 9.72. The first-order chi connectivity index (χ1) is 10.2. The van der Waals surface area contributed by atoms with Crippen LogP contribution in [0.1, 0.15) is 38.5 Å². The van der Waals surface area contributed by atoms with Gasteiger partial charge in [0.2, 0.25) is 0 Å². The number of aromatic nitrogens is 1. The number of hydrogen-bond donors (Lipinski definition) is 0. The lowest BCUT2D eigenvalue weighted by atomic mass is 10.1. The SMILES string of the molecule is CC(C)(C)OC(=O)N1CCC[C@H](S(=O)(=O)Cc2cncs2)C1. The predicted molar refractivity (Wildman–Crippen MR) is 85.6 cm³/mol. The van der Waals surface area contributed by atoms with Crippen LogP contribution >= 0.6 is 11.3 Å². The quantitative estimate of drug-likeness (QED) is 0.840. The third-order valence-electron chi connectivity index (χ3n) is 3.36. The molecule has 0 aromatic carbocycles. The van der Waals surface area contributed by atoms with E-state index in [0.717, 1.165) is 4.88 Å². The van der Waals surface area contributed by atoms with Crippen molar-refractivity contribution < 1.29 is 17.9 Å². The van der Waals surface area contributed by atoms with Gasteiger partial charge >= 0.3 is 6.09 Å². The fourth-order valence-corrected chi connectivity index (χ4v) is 5.14. The number of likely N-dealkylation sites (tertiary alicyclic amines) is 1. The highest BCUT2D eigenvalue weighted by Gasteiger charge is 2.34. The van der Waals surface area contributed by atoms with Crippen LogP contribution in [0.4, 0.5) is 4.79 Å². The van der Waals surface area contributed by atoms with Crippen molar-refractivity contribution in [1.29, 1.82) is 0 Å². The van der Waals surface area contributed by atoms with Crippen molar-refractivity contribution in [2.24, 2.45) is 0 Å². The van der Waals surface area contributed by atoms with Crippen LogP contribution < -0.4 is 0 Å². The largest absolute Gasteiger partial charge is 0.444 e. The topological polar surface area (TPSA) is 76.6 Å². The van der Waals surface area contributed by atoms with E-state index in [1.54, 1.807) is 32.5 Å². The first-order valence-corrected chi connectivity index (χ1v) is 9.84. The molecule has 1 aromatic heterocycles. The van der Waals surface area contributed by atoms with Crippen molar-refractivity contribution in [3.05, 3.63) is 16.6 Å². The van der Waals surface area contributed by atoms with Crippen LogP contribution in [-0.4, -0.2) is 48.3 Å². The van der Waals surface area contributed by atoms with E-state index < -0.39 is 26.8 Å². The van der Waals surface area contributed by atoms with E-state index in [1.807, 2.05) is 0 Å². The molecule has 1 fully saturated rings. The fraction of sp³-hybridized carbons (Fsp3) is 0.714. The van der Waals surface area contributed by atoms with Gasteiger partial charge in [0.25, 0.3) is 0 Å². The molecule has 6 nitrogen and oxygen atoms in total. The highest BCUT2D eigenvalue weighted by atomic mass is 32.2. The lowest BCUT2D eigenvalue weighted by molar-refractivity contribution is 0.0219. The van der Waals surface area contributed by atoms with Crippen molar-refractivity contribution in [3.63, 3.8) is 0 Å². The maximum absolute atomic E-state index is 12.5. The number of ether oxygens (including phenoxy) is 1. The maximum atomic E-state index is 12.5. The zero-order chi connectivity index (χ0) is 16.4. The third-order valence-corrected chi connectivity index (χ3v) is 6.44. The van der Waals surface area contributed by atoms with Gasteiger partial charge in [-0.15, -0.1) is 11.3 Å². The average Bonchev–Trinajstić information content (AvgIpc) is 2.89. The molecule has 0 N–H and O–H groups in total. The number of carbonyl (C=O) groups is 1. The Morgan fingerprint density at radius 1 is 1.50 bits per heavy atom. The van der Waals surface area contributed by atoms with Gasteiger partial charge in [-0.1, -0.05) is 0 Å². The molecule has 8 heteroatoms. The van der Waals surface area contributed by atoms with E-state index >= 15 is 0 Å². The predicted octanol–water partition coefficient (Wildman–Crippen LogP) is 2.46. The molecule has 0 aliphatic carbocycles. The van der Waals surface area contributed by atoms with Crippen molar-refractivity contribution in [1.82, 2.24) is 9.88 Å². The number of amides is 1. The normalized spacial score (nSPS) is 20.0. The summed E-state index contributed by atoms with van der Waals surface area (Å²) in [5.41, 5.74) is 1.05. The Morgan fingerprint density at radius 2 is 2.23 bits per heavy atom. The van der Waals surface area contributed by atoms with Gasteiger partial charge in [0.15, 0.2) is 9.84 Å². The molecule has 0 spiro atoms. The zero-order valence-electron chi connectivity index (χ0n) is 13.1. The highest BCUT2D eigenvalue weighted by molar-refractivity contribution is 7.91. The summed E-state index contributed by atoms with van der Waals surface area (Å²) in [5, 5.41) is -0.532. The Balaban J connectivity index is 2.02. The Morgan fingerprint density at radius 3 is 2.82 bits per heavy atom. The van der Waals surface area contributed by atoms with Crippen LogP contribution in [0.5, 0.6) is 0 Å². The van der Waals surface area contributed by atoms with Gasteiger partial charge in [0, 0.05) is 24.2 Å². The van der Waals surface area contributed by atoms with E-state index in [2.05, 4.69) is 4.98 Å². The summed E-state index contributed by atoms with van der Waals surface area (Å²) in [7, 11) is -3.30. The molecule has 1 aliphatic heterocycles. The molecule has 0 bridgehead atoms. The number of nitrogens with zero attached hydrogens (tertiary/aromatic N) is 2. The first kappa shape index (κ1) is 17.2. The van der Waals surface area contributed by atoms with Gasteiger partial charge in [0.1, 0.15) is 5.60 Å². The molecule has 1 saturated heterocycles. The molecule has 124 valence electrons. The molecule has 22 heavy (non-hydrogen) atoms. The minimum Gasteiger partial charge on any atom is -0.444 e. The fourth-order valence-electron chi connectivity index (χ4n) is 2.35. The van der Waals surface area contributed by atoms with E-state index in [4.69, 9.17) is 4.74 Å². The first-order valence-electron chi connectivity index (χ1n) is 7.24. The zero-order valence-corrected chi connectivity index (χ0v) is 14.7. The lowest BCUT2D eigenvalue weighted by Crippen LogP contribution is -2.47. The Kier molecular flexibility index (Phi) is 5.11. The molecular formula is C14H22N2O4S2. The van der Waals surface area contributed by atoms with Crippen LogP contribution in [0.3, 0.4) is 0 Å². The molecular weight excluding hydrogens is 324 g/mol. The summed E-state index contributed by atoms with van der Waals surface area (Å²) in [6.07, 6.45) is 2.40. The highest BCUT2D eigenvalue weighted by Crippen LogP contribution is 2.23. The molecule has 1 amide bonds. The number of hydrogen-bond acceptors (Lipinski definition) is 6. The van der Waals surface area contributed by atoms with Gasteiger partial charge in [-0.2, -0.15) is 0 Å². The Labute approximate surface area is 135 Å². The third kappa shape index (κ3) is 4.67. The monoisotopic (exact) mass is 346 g/mol. The number of carbonyl (C=O) groups excluding carboxylic acids is 1. The average molecular weight is 346 g/mol. The van der Waals surface area contributed by atoms with E-state index in [-0.39, 0.29) is 12.3 Å². The van der Waals surface area contributed by atoms with Gasteiger partial charge in [-0.25, -0.2) is 13.2 Å². The van der Waals surface area contributed by atoms with E-state index in [9.17, 15) is 13.2 Å². The van der Waals surface area contributed by atoms with Crippen LogP contribution in [0.2, 0.25) is 0 Å². The van der Waals surface area contributed by atoms with Crippen molar-refractivity contribution in [2.45, 2.75) is 50.2 Å². The van der Waals surface area contributed by atoms with E-state index in [0.29, 0.717) is 19.4 Å². The van der Waals surface area contributed by atoms with Crippen molar-refractivity contribution in [2.75, 3.05) is 13.1 Å². The number of thiazole rings is 1. The van der Waals surface area contributed by atoms with Crippen LogP contribution in [0.15, 0.2) is 11.7 Å². The van der Waals surface area contributed by atoms with Crippen molar-refractivity contribution >= 4 is 27.3 Å². The molecule has 0 saturated carbocycles. The van der Waals surface area contributed by atoms with Gasteiger partial charge in [0.05, 0.1) is 16.5 Å². The van der Waals surface area contributed by atoms with Gasteiger partial charge < -0.3 is 9.64 Å². The smallest absolute Gasteiger partial charge is 0.410 e. The Bertz CT molecular complexity index is 605. The summed E-state index contributed by atoms with van der Waals surface area (Å²) in [6.45, 7) is 6.14. The summed E-state index contributed by atoms with van der Waals surface area (Å²) in [6, 6.07) is 0. The standard InChI is InChI=1S/C14H22N2O4S2/c1-14(2,3)20-13(17)16-6-4-5-12(8-16)22(18,19)9-11-7-15-10-21-11/h7,10,12H,4-6,8-9H2,1-3H3/t12-/m0/s1. The number of rotatable bonds is 3. The summed E-state index contributed by atoms with van der Waals surface area (Å²) < 4.78 is 30.3. The van der Waals surface area contributed by atoms with Gasteiger partial charge in [-0.3, -0.25) is 4.98 Å². The van der Waals surface area contributed by atoms with Crippen LogP contribution in [0.25, 0.3) is 0 Å². The Hall–Kier alpha value is -1.15. The van der Waals surface area contributed by atoms with Crippen molar-refractivity contribution in [3.8, 4) is 0 Å². The second kappa shape index (κ2) is 6.54. The number of piperidine rings is 1. The van der Waals surface area contributed by atoms with E-state index in [1.165, 1.54) is 16.2 Å². The van der Waals surface area contributed by atoms with Gasteiger partial charge in [-0.05, 0) is 33.6 Å². The van der Waals surface area contributed by atoms with Crippen LogP contribution in [0, 0.1) is 0 Å². The number of sulfone groups is 1. The maximum Gasteiger partial charge on any atom is 0.410 e. The molecule has 0 unspecified atom stereocenters. The molecule has 2 rings (SSSR count). The lowest BCUT2D eigenvalue weighted by Gasteiger charge is -2.33. The van der Waals surface area contributed by atoms with Crippen LogP contribution in [-0.2, 0) is 20.3 Å². The summed E-state index contributed by atoms with van der Waals surface area (Å²) >= 11 is 1.33. The minimum atomic E-state index is -3.30. The molecule has 1 aliphatic rings. The molecule has 0 radical (unpaired) electrons. The molecule has 1 aromatic rings. The molecule has 1 atom stereocenters. The summed E-state index contributed by atoms with van der Waals surface area (Å²) in [4.78, 5) is 18.2.